The number of imidazole rings is 1. The summed E-state index contributed by atoms with van der Waals surface area (Å²) in [6.07, 6.45) is 2.62. The van der Waals surface area contributed by atoms with Crippen LogP contribution in [0.1, 0.15) is 16.3 Å². The molecule has 0 spiro atoms. The zero-order chi connectivity index (χ0) is 7.84. The van der Waals surface area contributed by atoms with Crippen molar-refractivity contribution in [1.82, 2.24) is 9.38 Å². The van der Waals surface area contributed by atoms with Gasteiger partial charge < -0.3 is 0 Å². The van der Waals surface area contributed by atoms with Crippen molar-refractivity contribution < 1.29 is 4.79 Å². The van der Waals surface area contributed by atoms with Crippen molar-refractivity contribution in [3.63, 3.8) is 0 Å². The quantitative estimate of drug-likeness (QED) is 0.602. The van der Waals surface area contributed by atoms with Crippen LogP contribution in [0.3, 0.4) is 0 Å². The van der Waals surface area contributed by atoms with Crippen LogP contribution in [-0.2, 0) is 0 Å². The van der Waals surface area contributed by atoms with E-state index in [-0.39, 0.29) is 0 Å². The molecule has 3 nitrogen and oxygen atoms in total. The number of hydrogen-bond donors (Lipinski definition) is 0. The van der Waals surface area contributed by atoms with E-state index in [0.29, 0.717) is 5.82 Å². The Morgan fingerprint density at radius 3 is 3.27 bits per heavy atom. The van der Waals surface area contributed by atoms with Crippen LogP contribution in [0.2, 0.25) is 0 Å². The Bertz CT molecular complexity index is 401. The average Bonchev–Trinajstić information content (AvgIpc) is 2.54. The van der Waals surface area contributed by atoms with Gasteiger partial charge in [0.15, 0.2) is 12.1 Å². The van der Waals surface area contributed by atoms with Gasteiger partial charge in [-0.2, -0.15) is 0 Å². The minimum atomic E-state index is 0.485. The van der Waals surface area contributed by atoms with Crippen LogP contribution >= 0.6 is 11.3 Å². The lowest BCUT2D eigenvalue weighted by Crippen LogP contribution is -1.87. The van der Waals surface area contributed by atoms with Crippen LogP contribution in [0.15, 0.2) is 11.6 Å². The van der Waals surface area contributed by atoms with E-state index in [1.165, 1.54) is 0 Å². The van der Waals surface area contributed by atoms with Crippen molar-refractivity contribution in [2.45, 2.75) is 6.92 Å². The van der Waals surface area contributed by atoms with Gasteiger partial charge >= 0.3 is 0 Å². The highest BCUT2D eigenvalue weighted by Crippen LogP contribution is 2.16. The molecule has 2 rings (SSSR count). The Morgan fingerprint density at radius 1 is 1.73 bits per heavy atom. The van der Waals surface area contributed by atoms with Crippen molar-refractivity contribution in [3.05, 3.63) is 23.1 Å². The van der Waals surface area contributed by atoms with E-state index < -0.39 is 0 Å². The molecule has 0 saturated heterocycles. The molecule has 0 bridgehead atoms. The smallest absolute Gasteiger partial charge is 0.185 e. The van der Waals surface area contributed by atoms with Gasteiger partial charge in [-0.15, -0.1) is 11.3 Å². The molecule has 2 aromatic rings. The second-order valence-electron chi connectivity index (χ2n) is 2.25. The molecule has 0 saturated carbocycles. The number of fused-ring (bicyclic) bond motifs is 1. The molecule has 0 aliphatic heterocycles. The number of hydrogen-bond acceptors (Lipinski definition) is 3. The van der Waals surface area contributed by atoms with Crippen LogP contribution in [-0.4, -0.2) is 15.7 Å². The number of aromatic nitrogens is 2. The predicted octanol–water partition coefficient (Wildman–Crippen LogP) is 1.52. The largest absolute Gasteiger partial charge is 0.294 e. The molecule has 0 atom stereocenters. The summed E-state index contributed by atoms with van der Waals surface area (Å²) in [6, 6.07) is 0. The third-order valence-electron chi connectivity index (χ3n) is 1.55. The molecule has 11 heavy (non-hydrogen) atoms. The zero-order valence-corrected chi connectivity index (χ0v) is 6.76. The average molecular weight is 166 g/mol. The highest BCUT2D eigenvalue weighted by molar-refractivity contribution is 7.15. The second-order valence-corrected chi connectivity index (χ2v) is 3.15. The summed E-state index contributed by atoms with van der Waals surface area (Å²) in [6.45, 7) is 1.90. The summed E-state index contributed by atoms with van der Waals surface area (Å²) in [4.78, 5) is 15.6. The zero-order valence-electron chi connectivity index (χ0n) is 5.94. The molecular formula is C7H6N2OS. The monoisotopic (exact) mass is 166 g/mol. The highest BCUT2D eigenvalue weighted by atomic mass is 32.1. The molecule has 0 aliphatic carbocycles. The van der Waals surface area contributed by atoms with Gasteiger partial charge in [0.2, 0.25) is 0 Å². The van der Waals surface area contributed by atoms with Crippen LogP contribution in [0.25, 0.3) is 4.83 Å². The summed E-state index contributed by atoms with van der Waals surface area (Å²) < 4.78 is 1.80. The molecular weight excluding hydrogens is 160 g/mol. The minimum absolute atomic E-state index is 0.485. The molecule has 0 aromatic carbocycles. The van der Waals surface area contributed by atoms with Gasteiger partial charge in [-0.25, -0.2) is 4.98 Å². The first-order valence-electron chi connectivity index (χ1n) is 3.20. The molecule has 0 N–H and O–H groups in total. The topological polar surface area (TPSA) is 34.4 Å². The molecule has 0 aliphatic rings. The first kappa shape index (κ1) is 6.54. The molecule has 4 heteroatoms. The van der Waals surface area contributed by atoms with Crippen LogP contribution < -0.4 is 0 Å². The molecule has 0 fully saturated rings. The normalized spacial score (nSPS) is 10.6. The van der Waals surface area contributed by atoms with Crippen molar-refractivity contribution in [1.29, 1.82) is 0 Å². The van der Waals surface area contributed by atoms with Crippen LogP contribution in [0.5, 0.6) is 0 Å². The molecule has 2 heterocycles. The van der Waals surface area contributed by atoms with Crippen LogP contribution in [0.4, 0.5) is 0 Å². The maximum Gasteiger partial charge on any atom is 0.185 e. The van der Waals surface area contributed by atoms with E-state index in [2.05, 4.69) is 4.98 Å². The third-order valence-corrected chi connectivity index (χ3v) is 2.53. The number of thiazole rings is 1. The lowest BCUT2D eigenvalue weighted by molar-refractivity contribution is 0.111. The Kier molecular flexibility index (Phi) is 1.29. The second kappa shape index (κ2) is 2.17. The van der Waals surface area contributed by atoms with Gasteiger partial charge in [-0.3, -0.25) is 9.20 Å². The number of nitrogens with zero attached hydrogens (tertiary/aromatic N) is 2. The fourth-order valence-corrected chi connectivity index (χ4v) is 1.87. The number of aldehydes is 1. The highest BCUT2D eigenvalue weighted by Gasteiger charge is 2.06. The predicted molar refractivity (Wildman–Crippen MR) is 43.2 cm³/mol. The van der Waals surface area contributed by atoms with Crippen molar-refractivity contribution in [3.8, 4) is 0 Å². The SMILES string of the molecule is Cc1nc(C=O)n2ccsc12. The van der Waals surface area contributed by atoms with Gasteiger partial charge in [-0.05, 0) is 6.92 Å². The minimum Gasteiger partial charge on any atom is -0.294 e. The lowest BCUT2D eigenvalue weighted by atomic mass is 10.6. The van der Waals surface area contributed by atoms with Gasteiger partial charge in [0, 0.05) is 11.6 Å². The van der Waals surface area contributed by atoms with Gasteiger partial charge in [0.25, 0.3) is 0 Å². The molecule has 2 aromatic heterocycles. The molecule has 56 valence electrons. The van der Waals surface area contributed by atoms with Gasteiger partial charge in [0.05, 0.1) is 5.69 Å². The van der Waals surface area contributed by atoms with Crippen LogP contribution in [0, 0.1) is 6.92 Å². The van der Waals surface area contributed by atoms with Gasteiger partial charge in [0.1, 0.15) is 4.83 Å². The molecule has 0 radical (unpaired) electrons. The maximum atomic E-state index is 10.5. The summed E-state index contributed by atoms with van der Waals surface area (Å²) >= 11 is 1.59. The van der Waals surface area contributed by atoms with E-state index in [4.69, 9.17) is 0 Å². The number of carbonyl (C=O) groups is 1. The number of carbonyl (C=O) groups excluding carboxylic acids is 1. The van der Waals surface area contributed by atoms with E-state index in [1.54, 1.807) is 15.7 Å². The first-order valence-corrected chi connectivity index (χ1v) is 4.08. The summed E-state index contributed by atoms with van der Waals surface area (Å²) in [5, 5.41) is 1.94. The number of rotatable bonds is 1. The van der Waals surface area contributed by atoms with E-state index >= 15 is 0 Å². The first-order chi connectivity index (χ1) is 5.33. The van der Waals surface area contributed by atoms with E-state index in [1.807, 2.05) is 18.5 Å². The standard InChI is InChI=1S/C7H6N2OS/c1-5-7-9(2-3-11-7)6(4-10)8-5/h2-4H,1H3. The summed E-state index contributed by atoms with van der Waals surface area (Å²) in [5.74, 6) is 0.485. The fraction of sp³-hybridized carbons (Fsp3) is 0.143. The van der Waals surface area contributed by atoms with Crippen molar-refractivity contribution in [2.24, 2.45) is 0 Å². The summed E-state index contributed by atoms with van der Waals surface area (Å²) in [7, 11) is 0. The molecule has 0 amide bonds. The van der Waals surface area contributed by atoms with Crippen molar-refractivity contribution >= 4 is 22.5 Å². The lowest BCUT2D eigenvalue weighted by Gasteiger charge is -1.81. The molecule has 0 unspecified atom stereocenters. The Labute approximate surface area is 67.3 Å². The van der Waals surface area contributed by atoms with Crippen molar-refractivity contribution in [2.75, 3.05) is 0 Å². The third kappa shape index (κ3) is 0.793. The van der Waals surface area contributed by atoms with Gasteiger partial charge in [-0.1, -0.05) is 0 Å². The Morgan fingerprint density at radius 2 is 2.55 bits per heavy atom. The fourth-order valence-electron chi connectivity index (χ4n) is 1.08. The van der Waals surface area contributed by atoms with E-state index in [9.17, 15) is 4.79 Å². The summed E-state index contributed by atoms with van der Waals surface area (Å²) in [5.41, 5.74) is 0.919. The Hall–Kier alpha value is -1.16. The maximum absolute atomic E-state index is 10.5. The Balaban J connectivity index is 2.90. The number of aryl methyl sites for hydroxylation is 1. The van der Waals surface area contributed by atoms with E-state index in [0.717, 1.165) is 16.8 Å².